The molecule has 0 aliphatic rings. The van der Waals surface area contributed by atoms with E-state index in [-0.39, 0.29) is 0 Å². The van der Waals surface area contributed by atoms with E-state index in [9.17, 15) is 0 Å². The summed E-state index contributed by atoms with van der Waals surface area (Å²) in [5, 5.41) is 5.83. The maximum atomic E-state index is 6.14. The van der Waals surface area contributed by atoms with Crippen LogP contribution in [0.1, 0.15) is 5.56 Å². The van der Waals surface area contributed by atoms with Crippen LogP contribution < -0.4 is 0 Å². The molecule has 2 aromatic carbocycles. The molecule has 0 N–H and O–H groups in total. The Bertz CT molecular complexity index is 966. The molecule has 0 radical (unpaired) electrons. The number of halogens is 1. The van der Waals surface area contributed by atoms with Gasteiger partial charge in [0.15, 0.2) is 5.16 Å². The summed E-state index contributed by atoms with van der Waals surface area (Å²) in [7, 11) is 0. The second-order valence-corrected chi connectivity index (χ2v) is 7.10. The summed E-state index contributed by atoms with van der Waals surface area (Å²) in [6.45, 7) is 1.57. The minimum Gasteiger partial charge on any atom is -0.314 e. The van der Waals surface area contributed by atoms with Gasteiger partial charge in [-0.05, 0) is 23.8 Å². The summed E-state index contributed by atoms with van der Waals surface area (Å²) in [5.74, 6) is 0.870. The van der Waals surface area contributed by atoms with Gasteiger partial charge in [0.05, 0.1) is 24.1 Å². The first-order chi connectivity index (χ1) is 12.3. The maximum Gasteiger partial charge on any atom is 0.169 e. The van der Waals surface area contributed by atoms with Crippen LogP contribution in [0, 0.1) is 0 Å². The van der Waals surface area contributed by atoms with Gasteiger partial charge in [0, 0.05) is 10.8 Å². The molecule has 2 aromatic heterocycles. The van der Waals surface area contributed by atoms with Crippen LogP contribution in [0.15, 0.2) is 66.3 Å². The minimum atomic E-state index is 0.705. The Morgan fingerprint density at radius 1 is 1.08 bits per heavy atom. The van der Waals surface area contributed by atoms with E-state index in [1.807, 2.05) is 28.9 Å². The second kappa shape index (κ2) is 7.29. The number of hydrogen-bond acceptors (Lipinski definition) is 4. The number of hydrogen-bond donors (Lipinski definition) is 0. The number of thioether (sulfide) groups is 1. The molecule has 5 nitrogen and oxygen atoms in total. The lowest BCUT2D eigenvalue weighted by Gasteiger charge is -2.09. The van der Waals surface area contributed by atoms with Gasteiger partial charge in [-0.1, -0.05) is 53.7 Å². The van der Waals surface area contributed by atoms with Crippen LogP contribution in [0.4, 0.5) is 0 Å². The highest BCUT2D eigenvalue weighted by Gasteiger charge is 2.12. The van der Waals surface area contributed by atoms with E-state index in [0.29, 0.717) is 5.02 Å². The molecule has 0 atom stereocenters. The molecule has 25 heavy (non-hydrogen) atoms. The van der Waals surface area contributed by atoms with Crippen molar-refractivity contribution in [2.24, 2.45) is 0 Å². The molecule has 0 aliphatic carbocycles. The monoisotopic (exact) mass is 369 g/mol. The Balaban J connectivity index is 1.62. The molecule has 0 saturated heterocycles. The van der Waals surface area contributed by atoms with E-state index in [1.165, 1.54) is 5.56 Å². The SMILES string of the molecule is Clc1ccc2c(c1)nc(SCCn1cncn1)n2Cc1ccccc1. The van der Waals surface area contributed by atoms with Crippen molar-refractivity contribution in [3.05, 3.63) is 71.8 Å². The minimum absolute atomic E-state index is 0.705. The molecular formula is C18H16ClN5S. The molecule has 126 valence electrons. The molecule has 4 rings (SSSR count). The molecule has 2 heterocycles. The van der Waals surface area contributed by atoms with Gasteiger partial charge in [0.1, 0.15) is 12.7 Å². The van der Waals surface area contributed by atoms with Crippen molar-refractivity contribution in [3.63, 3.8) is 0 Å². The van der Waals surface area contributed by atoms with E-state index >= 15 is 0 Å². The molecule has 0 saturated carbocycles. The van der Waals surface area contributed by atoms with Gasteiger partial charge in [-0.3, -0.25) is 4.68 Å². The number of rotatable bonds is 6. The lowest BCUT2D eigenvalue weighted by Crippen LogP contribution is -2.04. The van der Waals surface area contributed by atoms with Crippen LogP contribution in [-0.4, -0.2) is 30.1 Å². The fourth-order valence-corrected chi connectivity index (χ4v) is 3.80. The third-order valence-corrected chi connectivity index (χ3v) is 5.07. The van der Waals surface area contributed by atoms with Crippen molar-refractivity contribution in [2.75, 3.05) is 5.75 Å². The van der Waals surface area contributed by atoms with Crippen molar-refractivity contribution in [3.8, 4) is 0 Å². The fraction of sp³-hybridized carbons (Fsp3) is 0.167. The Kier molecular flexibility index (Phi) is 4.72. The molecule has 0 unspecified atom stereocenters. The zero-order valence-electron chi connectivity index (χ0n) is 13.4. The van der Waals surface area contributed by atoms with Crippen molar-refractivity contribution in [1.82, 2.24) is 24.3 Å². The first kappa shape index (κ1) is 16.2. The van der Waals surface area contributed by atoms with Gasteiger partial charge in [-0.15, -0.1) is 0 Å². The van der Waals surface area contributed by atoms with E-state index in [2.05, 4.69) is 38.9 Å². The standard InChI is InChI=1S/C18H16ClN5S/c19-15-6-7-17-16(10-15)22-18(25-9-8-23-13-20-12-21-23)24(17)11-14-4-2-1-3-5-14/h1-7,10,12-13H,8-9,11H2. The van der Waals surface area contributed by atoms with Crippen LogP contribution in [0.25, 0.3) is 11.0 Å². The topological polar surface area (TPSA) is 48.5 Å². The Morgan fingerprint density at radius 3 is 2.76 bits per heavy atom. The quantitative estimate of drug-likeness (QED) is 0.480. The number of imidazole rings is 1. The third-order valence-electron chi connectivity index (χ3n) is 3.88. The Morgan fingerprint density at radius 2 is 1.96 bits per heavy atom. The molecule has 0 bridgehead atoms. The molecule has 0 amide bonds. The van der Waals surface area contributed by atoms with Gasteiger partial charge >= 0.3 is 0 Å². The van der Waals surface area contributed by atoms with E-state index < -0.39 is 0 Å². The van der Waals surface area contributed by atoms with Gasteiger partial charge < -0.3 is 4.57 Å². The normalized spacial score (nSPS) is 11.2. The zero-order chi connectivity index (χ0) is 17.1. The smallest absolute Gasteiger partial charge is 0.169 e. The van der Waals surface area contributed by atoms with Crippen LogP contribution in [0.2, 0.25) is 5.02 Å². The first-order valence-corrected chi connectivity index (χ1v) is 9.31. The summed E-state index contributed by atoms with van der Waals surface area (Å²) in [5.41, 5.74) is 3.26. The number of benzene rings is 2. The van der Waals surface area contributed by atoms with Crippen LogP contribution in [0.3, 0.4) is 0 Å². The average Bonchev–Trinajstić information content (AvgIpc) is 3.24. The maximum absolute atomic E-state index is 6.14. The fourth-order valence-electron chi connectivity index (χ4n) is 2.69. The second-order valence-electron chi connectivity index (χ2n) is 5.61. The van der Waals surface area contributed by atoms with Gasteiger partial charge in [0.25, 0.3) is 0 Å². The van der Waals surface area contributed by atoms with Crippen molar-refractivity contribution in [1.29, 1.82) is 0 Å². The summed E-state index contributed by atoms with van der Waals surface area (Å²) in [6.07, 6.45) is 3.28. The number of fused-ring (bicyclic) bond motifs is 1. The number of nitrogens with zero attached hydrogens (tertiary/aromatic N) is 5. The predicted molar refractivity (Wildman–Crippen MR) is 101 cm³/mol. The highest BCUT2D eigenvalue weighted by atomic mass is 35.5. The summed E-state index contributed by atoms with van der Waals surface area (Å²) in [4.78, 5) is 8.76. The molecule has 0 spiro atoms. The zero-order valence-corrected chi connectivity index (χ0v) is 15.0. The summed E-state index contributed by atoms with van der Waals surface area (Å²) < 4.78 is 4.07. The van der Waals surface area contributed by atoms with Crippen LogP contribution >= 0.6 is 23.4 Å². The van der Waals surface area contributed by atoms with E-state index in [0.717, 1.165) is 35.0 Å². The lowest BCUT2D eigenvalue weighted by molar-refractivity contribution is 0.661. The number of aromatic nitrogens is 5. The third kappa shape index (κ3) is 3.70. The highest BCUT2D eigenvalue weighted by Crippen LogP contribution is 2.27. The van der Waals surface area contributed by atoms with Crippen molar-refractivity contribution < 1.29 is 0 Å². The van der Waals surface area contributed by atoms with Gasteiger partial charge in [-0.25, -0.2) is 9.97 Å². The summed E-state index contributed by atoms with van der Waals surface area (Å²) >= 11 is 7.85. The molecular weight excluding hydrogens is 354 g/mol. The Labute approximate surface area is 154 Å². The van der Waals surface area contributed by atoms with Crippen molar-refractivity contribution in [2.45, 2.75) is 18.2 Å². The Hall–Kier alpha value is -2.31. The molecule has 0 fully saturated rings. The first-order valence-electron chi connectivity index (χ1n) is 7.94. The van der Waals surface area contributed by atoms with E-state index in [4.69, 9.17) is 16.6 Å². The molecule has 0 aliphatic heterocycles. The van der Waals surface area contributed by atoms with Crippen LogP contribution in [-0.2, 0) is 13.1 Å². The lowest BCUT2D eigenvalue weighted by atomic mass is 10.2. The predicted octanol–water partition coefficient (Wildman–Crippen LogP) is 4.12. The van der Waals surface area contributed by atoms with Crippen LogP contribution in [0.5, 0.6) is 0 Å². The largest absolute Gasteiger partial charge is 0.314 e. The number of aryl methyl sites for hydroxylation is 1. The van der Waals surface area contributed by atoms with Gasteiger partial charge in [0.2, 0.25) is 0 Å². The van der Waals surface area contributed by atoms with Crippen molar-refractivity contribution >= 4 is 34.4 Å². The molecule has 7 heteroatoms. The van der Waals surface area contributed by atoms with E-state index in [1.54, 1.807) is 24.4 Å². The average molecular weight is 370 g/mol. The molecule has 4 aromatic rings. The van der Waals surface area contributed by atoms with Gasteiger partial charge in [-0.2, -0.15) is 5.10 Å². The highest BCUT2D eigenvalue weighted by molar-refractivity contribution is 7.99. The summed E-state index contributed by atoms with van der Waals surface area (Å²) in [6, 6.07) is 16.3.